The smallest absolute Gasteiger partial charge is 0.197 e. The zero-order chi connectivity index (χ0) is 22.9. The van der Waals surface area contributed by atoms with Crippen LogP contribution in [-0.2, 0) is 11.3 Å². The summed E-state index contributed by atoms with van der Waals surface area (Å²) in [5.41, 5.74) is 3.18. The zero-order valence-corrected chi connectivity index (χ0v) is 20.3. The number of hydrogen-bond acceptors (Lipinski definition) is 5. The first-order valence-electron chi connectivity index (χ1n) is 12.5. The maximum Gasteiger partial charge on any atom is 0.197 e. The molecule has 0 amide bonds. The molecule has 2 aliphatic carbocycles. The SMILES string of the molecule is CCCCOC(CN1CCN(c2cccc(Cl)c2)CC1)Cn1c(O)c2c(c1O)[C@H]1CCC2C1. The summed E-state index contributed by atoms with van der Waals surface area (Å²) >= 11 is 6.18. The fraction of sp³-hybridized carbons (Fsp3) is 0.615. The van der Waals surface area contributed by atoms with Crippen LogP contribution in [0.3, 0.4) is 0 Å². The van der Waals surface area contributed by atoms with E-state index in [1.54, 1.807) is 4.57 Å². The third kappa shape index (κ3) is 4.58. The summed E-state index contributed by atoms with van der Waals surface area (Å²) < 4.78 is 8.00. The molecule has 5 rings (SSSR count). The van der Waals surface area contributed by atoms with Crippen LogP contribution in [0.1, 0.15) is 62.0 Å². The number of anilines is 1. The minimum atomic E-state index is -0.0729. The molecule has 6 nitrogen and oxygen atoms in total. The van der Waals surface area contributed by atoms with E-state index in [0.717, 1.165) is 81.0 Å². The lowest BCUT2D eigenvalue weighted by atomic mass is 9.95. The molecule has 0 spiro atoms. The van der Waals surface area contributed by atoms with E-state index in [4.69, 9.17) is 16.3 Å². The van der Waals surface area contributed by atoms with Gasteiger partial charge in [0, 0.05) is 61.2 Å². The second kappa shape index (κ2) is 9.77. The Kier molecular flexibility index (Phi) is 6.77. The molecule has 7 heteroatoms. The molecule has 1 saturated carbocycles. The molecule has 2 heterocycles. The van der Waals surface area contributed by atoms with Crippen molar-refractivity contribution in [3.63, 3.8) is 0 Å². The van der Waals surface area contributed by atoms with Gasteiger partial charge in [0.05, 0.1) is 12.6 Å². The van der Waals surface area contributed by atoms with Gasteiger partial charge in [0.25, 0.3) is 0 Å². The third-order valence-electron chi connectivity index (χ3n) is 7.78. The standard InChI is InChI=1S/C26H36ClN3O3/c1-2-3-13-33-22(16-28-9-11-29(12-10-28)21-6-4-5-20(27)15-21)17-30-25(31)23-18-7-8-19(14-18)24(23)26(30)32/h4-6,15,18-19,22,31-32H,2-3,7-14,16-17H2,1H3/t18-,19?,22?/m0/s1. The number of aromatic nitrogens is 1. The average molecular weight is 474 g/mol. The summed E-state index contributed by atoms with van der Waals surface area (Å²) in [5, 5.41) is 22.7. The number of nitrogens with zero attached hydrogens (tertiary/aromatic N) is 3. The van der Waals surface area contributed by atoms with Gasteiger partial charge in [-0.2, -0.15) is 0 Å². The van der Waals surface area contributed by atoms with Crippen molar-refractivity contribution < 1.29 is 14.9 Å². The number of hydrogen-bond donors (Lipinski definition) is 2. The van der Waals surface area contributed by atoms with Gasteiger partial charge in [-0.3, -0.25) is 9.47 Å². The van der Waals surface area contributed by atoms with Crippen LogP contribution in [0.25, 0.3) is 0 Å². The van der Waals surface area contributed by atoms with Gasteiger partial charge in [0.1, 0.15) is 0 Å². The van der Waals surface area contributed by atoms with E-state index in [2.05, 4.69) is 22.8 Å². The fourth-order valence-electron chi connectivity index (χ4n) is 6.03. The van der Waals surface area contributed by atoms with E-state index in [9.17, 15) is 10.2 Å². The molecule has 2 aromatic rings. The number of rotatable bonds is 9. The Hall–Kier alpha value is -1.89. The molecule has 3 aliphatic rings. The average Bonchev–Trinajstić information content (AvgIpc) is 3.50. The quantitative estimate of drug-likeness (QED) is 0.506. The van der Waals surface area contributed by atoms with Crippen molar-refractivity contribution in [1.82, 2.24) is 9.47 Å². The molecule has 2 fully saturated rings. The van der Waals surface area contributed by atoms with Crippen molar-refractivity contribution in [2.24, 2.45) is 0 Å². The topological polar surface area (TPSA) is 61.1 Å². The van der Waals surface area contributed by atoms with E-state index in [0.29, 0.717) is 25.0 Å². The first-order valence-corrected chi connectivity index (χ1v) is 12.9. The van der Waals surface area contributed by atoms with Gasteiger partial charge in [-0.1, -0.05) is 31.0 Å². The molecule has 180 valence electrons. The molecule has 33 heavy (non-hydrogen) atoms. The van der Waals surface area contributed by atoms with Crippen LogP contribution in [0, 0.1) is 0 Å². The van der Waals surface area contributed by atoms with Gasteiger partial charge < -0.3 is 19.8 Å². The van der Waals surface area contributed by atoms with E-state index in [1.807, 2.05) is 18.2 Å². The van der Waals surface area contributed by atoms with Gasteiger partial charge in [-0.05, 0) is 55.7 Å². The number of fused-ring (bicyclic) bond motifs is 5. The minimum Gasteiger partial charge on any atom is -0.494 e. The Bertz CT molecular complexity index is 936. The Balaban J connectivity index is 1.25. The molecule has 1 aromatic heterocycles. The number of benzene rings is 1. The van der Waals surface area contributed by atoms with E-state index in [-0.39, 0.29) is 17.9 Å². The molecule has 3 atom stereocenters. The van der Waals surface area contributed by atoms with Crippen molar-refractivity contribution in [2.45, 2.75) is 63.5 Å². The van der Waals surface area contributed by atoms with Crippen molar-refractivity contribution >= 4 is 17.3 Å². The Morgan fingerprint density at radius 2 is 1.73 bits per heavy atom. The predicted octanol–water partition coefficient (Wildman–Crippen LogP) is 4.92. The van der Waals surface area contributed by atoms with Crippen LogP contribution in [0.5, 0.6) is 11.8 Å². The van der Waals surface area contributed by atoms with Gasteiger partial charge in [-0.25, -0.2) is 0 Å². The second-order valence-electron chi connectivity index (χ2n) is 9.91. The molecule has 2 N–H and O–H groups in total. The highest BCUT2D eigenvalue weighted by Crippen LogP contribution is 2.59. The third-order valence-corrected chi connectivity index (χ3v) is 8.01. The summed E-state index contributed by atoms with van der Waals surface area (Å²) in [6, 6.07) is 8.05. The monoisotopic (exact) mass is 473 g/mol. The Labute approximate surface area is 201 Å². The summed E-state index contributed by atoms with van der Waals surface area (Å²) in [7, 11) is 0. The van der Waals surface area contributed by atoms with E-state index >= 15 is 0 Å². The fourth-order valence-corrected chi connectivity index (χ4v) is 6.21. The van der Waals surface area contributed by atoms with Crippen LogP contribution < -0.4 is 4.90 Å². The van der Waals surface area contributed by atoms with Gasteiger partial charge in [-0.15, -0.1) is 0 Å². The molecule has 1 saturated heterocycles. The molecular formula is C26H36ClN3O3. The molecular weight excluding hydrogens is 438 g/mol. The van der Waals surface area contributed by atoms with Crippen LogP contribution in [-0.4, -0.2) is 65.1 Å². The van der Waals surface area contributed by atoms with Crippen LogP contribution in [0.15, 0.2) is 24.3 Å². The van der Waals surface area contributed by atoms with Gasteiger partial charge >= 0.3 is 0 Å². The van der Waals surface area contributed by atoms with Gasteiger partial charge in [0.2, 0.25) is 0 Å². The van der Waals surface area contributed by atoms with Crippen LogP contribution >= 0.6 is 11.6 Å². The first kappa shape index (κ1) is 22.9. The van der Waals surface area contributed by atoms with E-state index in [1.165, 1.54) is 5.69 Å². The highest BCUT2D eigenvalue weighted by molar-refractivity contribution is 6.30. The maximum absolute atomic E-state index is 11.0. The molecule has 0 radical (unpaired) electrons. The molecule has 2 unspecified atom stereocenters. The number of piperazine rings is 1. The van der Waals surface area contributed by atoms with Crippen LogP contribution in [0.2, 0.25) is 5.02 Å². The summed E-state index contributed by atoms with van der Waals surface area (Å²) in [6.07, 6.45) is 5.37. The normalized spacial score (nSPS) is 23.3. The predicted molar refractivity (Wildman–Crippen MR) is 132 cm³/mol. The molecule has 1 aromatic carbocycles. The van der Waals surface area contributed by atoms with Crippen molar-refractivity contribution in [3.8, 4) is 11.8 Å². The van der Waals surface area contributed by atoms with E-state index < -0.39 is 0 Å². The van der Waals surface area contributed by atoms with Crippen molar-refractivity contribution in [2.75, 3.05) is 44.2 Å². The molecule has 1 aliphatic heterocycles. The zero-order valence-electron chi connectivity index (χ0n) is 19.5. The molecule has 2 bridgehead atoms. The van der Waals surface area contributed by atoms with Crippen molar-refractivity contribution in [1.29, 1.82) is 0 Å². The largest absolute Gasteiger partial charge is 0.494 e. The lowest BCUT2D eigenvalue weighted by molar-refractivity contribution is 0.0110. The second-order valence-corrected chi connectivity index (χ2v) is 10.3. The summed E-state index contributed by atoms with van der Waals surface area (Å²) in [4.78, 5) is 4.81. The minimum absolute atomic E-state index is 0.0729. The van der Waals surface area contributed by atoms with Crippen LogP contribution in [0.4, 0.5) is 5.69 Å². The number of ether oxygens (including phenoxy) is 1. The number of unbranched alkanes of at least 4 members (excludes halogenated alkanes) is 1. The first-order chi connectivity index (χ1) is 16.0. The Morgan fingerprint density at radius 1 is 1.03 bits per heavy atom. The highest BCUT2D eigenvalue weighted by atomic mass is 35.5. The number of aromatic hydroxyl groups is 2. The Morgan fingerprint density at radius 3 is 2.36 bits per heavy atom. The highest BCUT2D eigenvalue weighted by Gasteiger charge is 2.44. The van der Waals surface area contributed by atoms with Crippen molar-refractivity contribution in [3.05, 3.63) is 40.4 Å². The summed E-state index contributed by atoms with van der Waals surface area (Å²) in [6.45, 7) is 7.94. The van der Waals surface area contributed by atoms with Gasteiger partial charge in [0.15, 0.2) is 11.8 Å². The lowest BCUT2D eigenvalue weighted by Crippen LogP contribution is -2.49. The lowest BCUT2D eigenvalue weighted by Gasteiger charge is -2.37. The summed E-state index contributed by atoms with van der Waals surface area (Å²) in [5.74, 6) is 1.36. The maximum atomic E-state index is 11.0. The number of halogens is 1.